The summed E-state index contributed by atoms with van der Waals surface area (Å²) < 4.78 is 16.5. The van der Waals surface area contributed by atoms with E-state index >= 15 is 0 Å². The number of hydrogen-bond donors (Lipinski definition) is 1. The van der Waals surface area contributed by atoms with Gasteiger partial charge >= 0.3 is 6.03 Å². The predicted octanol–water partition coefficient (Wildman–Crippen LogP) is 2.54. The molecule has 0 saturated carbocycles. The maximum atomic E-state index is 13.3. The smallest absolute Gasteiger partial charge is 0.331 e. The van der Waals surface area contributed by atoms with Crippen LogP contribution in [-0.2, 0) is 6.54 Å². The number of nitrogens with one attached hydrogen (secondary N) is 1. The summed E-state index contributed by atoms with van der Waals surface area (Å²) in [5.74, 6) is -0.378. The summed E-state index contributed by atoms with van der Waals surface area (Å²) in [7, 11) is 0. The Labute approximate surface area is 150 Å². The third-order valence-corrected chi connectivity index (χ3v) is 4.78. The Morgan fingerprint density at radius 1 is 1.19 bits per heavy atom. The highest BCUT2D eigenvalue weighted by atomic mass is 32.1. The van der Waals surface area contributed by atoms with Crippen LogP contribution in [0.25, 0.3) is 15.8 Å². The third-order valence-electron chi connectivity index (χ3n) is 3.71. The number of benzene rings is 2. The van der Waals surface area contributed by atoms with Crippen molar-refractivity contribution >= 4 is 27.6 Å². The van der Waals surface area contributed by atoms with Crippen LogP contribution >= 0.6 is 11.5 Å². The van der Waals surface area contributed by atoms with Gasteiger partial charge in [-0.1, -0.05) is 23.4 Å². The first-order chi connectivity index (χ1) is 12.6. The molecule has 2 heterocycles. The molecule has 0 spiro atoms. The summed E-state index contributed by atoms with van der Waals surface area (Å²) >= 11 is 1.08. The van der Waals surface area contributed by atoms with Crippen molar-refractivity contribution in [3.63, 3.8) is 0 Å². The van der Waals surface area contributed by atoms with E-state index in [0.29, 0.717) is 16.8 Å². The molecule has 0 radical (unpaired) electrons. The molecule has 0 atom stereocenters. The molecule has 2 aromatic heterocycles. The van der Waals surface area contributed by atoms with Gasteiger partial charge in [0.2, 0.25) is 0 Å². The molecular weight excluding hydrogens is 357 g/mol. The molecule has 1 amide bonds. The largest absolute Gasteiger partial charge is 0.338 e. The Morgan fingerprint density at radius 2 is 2.04 bits per heavy atom. The fourth-order valence-corrected chi connectivity index (χ4v) is 3.39. The van der Waals surface area contributed by atoms with Crippen molar-refractivity contribution in [3.05, 3.63) is 76.6 Å². The van der Waals surface area contributed by atoms with Gasteiger partial charge in [-0.3, -0.25) is 4.79 Å². The van der Waals surface area contributed by atoms with Gasteiger partial charge in [-0.25, -0.2) is 13.9 Å². The normalized spacial score (nSPS) is 11.0. The van der Waals surface area contributed by atoms with Crippen LogP contribution < -0.4 is 10.9 Å². The van der Waals surface area contributed by atoms with Crippen molar-refractivity contribution < 1.29 is 9.18 Å². The molecule has 0 aliphatic rings. The number of rotatable bonds is 3. The molecule has 0 bridgehead atoms. The zero-order chi connectivity index (χ0) is 18.1. The number of hydrogen-bond acceptors (Lipinski definition) is 5. The van der Waals surface area contributed by atoms with Gasteiger partial charge in [0.1, 0.15) is 11.5 Å². The lowest BCUT2D eigenvalue weighted by atomic mass is 10.3. The fourth-order valence-electron chi connectivity index (χ4n) is 2.47. The van der Waals surface area contributed by atoms with Crippen molar-refractivity contribution in [1.29, 1.82) is 0 Å². The second-order valence-corrected chi connectivity index (χ2v) is 6.47. The lowest BCUT2D eigenvalue weighted by Gasteiger charge is -2.01. The quantitative estimate of drug-likeness (QED) is 0.602. The highest BCUT2D eigenvalue weighted by Gasteiger charge is 2.14. The average molecular weight is 369 g/mol. The zero-order valence-electron chi connectivity index (χ0n) is 13.3. The number of amides is 1. The van der Waals surface area contributed by atoms with Crippen molar-refractivity contribution in [1.82, 2.24) is 24.3 Å². The van der Waals surface area contributed by atoms with Crippen LogP contribution in [0.3, 0.4) is 0 Å². The molecule has 0 aliphatic heterocycles. The van der Waals surface area contributed by atoms with E-state index < -0.39 is 6.03 Å². The summed E-state index contributed by atoms with van der Waals surface area (Å²) in [5.41, 5.74) is 0.652. The van der Waals surface area contributed by atoms with E-state index in [9.17, 15) is 14.0 Å². The molecule has 1 N–H and O–H groups in total. The van der Waals surface area contributed by atoms with Gasteiger partial charge in [0.15, 0.2) is 0 Å². The standard InChI is InChI=1S/C17H12FN5O2S/c18-11-4-3-5-13(8-11)22-10-12(20-21-22)9-19-17(25)23-16(24)14-6-1-2-7-15(14)26-23/h1-8,10H,9H2,(H,19,25). The first-order valence-electron chi connectivity index (χ1n) is 7.68. The Hall–Kier alpha value is -3.33. The van der Waals surface area contributed by atoms with E-state index in [4.69, 9.17) is 0 Å². The van der Waals surface area contributed by atoms with Crippen molar-refractivity contribution in [2.24, 2.45) is 0 Å². The van der Waals surface area contributed by atoms with E-state index in [1.807, 2.05) is 6.07 Å². The van der Waals surface area contributed by atoms with Crippen molar-refractivity contribution in [2.45, 2.75) is 6.54 Å². The number of nitrogens with zero attached hydrogens (tertiary/aromatic N) is 4. The highest BCUT2D eigenvalue weighted by Crippen LogP contribution is 2.15. The van der Waals surface area contributed by atoms with E-state index in [2.05, 4.69) is 15.6 Å². The van der Waals surface area contributed by atoms with Gasteiger partial charge in [-0.15, -0.1) is 5.10 Å². The van der Waals surface area contributed by atoms with Crippen molar-refractivity contribution in [3.8, 4) is 5.69 Å². The Bertz CT molecular complexity index is 1160. The first-order valence-corrected chi connectivity index (χ1v) is 8.45. The molecule has 9 heteroatoms. The van der Waals surface area contributed by atoms with E-state index in [0.717, 1.165) is 20.2 Å². The van der Waals surface area contributed by atoms with Crippen LogP contribution in [-0.4, -0.2) is 25.0 Å². The number of fused-ring (bicyclic) bond motifs is 1. The monoisotopic (exact) mass is 369 g/mol. The van der Waals surface area contributed by atoms with Gasteiger partial charge < -0.3 is 5.32 Å². The second kappa shape index (κ2) is 6.52. The molecule has 130 valence electrons. The van der Waals surface area contributed by atoms with Crippen LogP contribution in [0.2, 0.25) is 0 Å². The Morgan fingerprint density at radius 3 is 2.85 bits per heavy atom. The van der Waals surface area contributed by atoms with Gasteiger partial charge in [-0.05, 0) is 41.9 Å². The van der Waals surface area contributed by atoms with Gasteiger partial charge in [0, 0.05) is 0 Å². The molecule has 26 heavy (non-hydrogen) atoms. The summed E-state index contributed by atoms with van der Waals surface area (Å²) in [6.45, 7) is 0.0921. The molecular formula is C17H12FN5O2S. The minimum Gasteiger partial charge on any atom is -0.331 e. The third kappa shape index (κ3) is 3.00. The van der Waals surface area contributed by atoms with E-state index in [-0.39, 0.29) is 17.9 Å². The predicted molar refractivity (Wildman–Crippen MR) is 95.0 cm³/mol. The van der Waals surface area contributed by atoms with Gasteiger partial charge in [-0.2, -0.15) is 3.96 Å². The summed E-state index contributed by atoms with van der Waals surface area (Å²) in [5, 5.41) is 11.0. The van der Waals surface area contributed by atoms with Gasteiger partial charge in [0.05, 0.1) is 28.5 Å². The van der Waals surface area contributed by atoms with Crippen LogP contribution in [0.4, 0.5) is 9.18 Å². The lowest BCUT2D eigenvalue weighted by molar-refractivity contribution is 0.243. The second-order valence-electron chi connectivity index (χ2n) is 5.48. The zero-order valence-corrected chi connectivity index (χ0v) is 14.1. The topological polar surface area (TPSA) is 81.8 Å². The van der Waals surface area contributed by atoms with Crippen LogP contribution in [0, 0.1) is 5.82 Å². The molecule has 2 aromatic carbocycles. The molecule has 4 aromatic rings. The van der Waals surface area contributed by atoms with E-state index in [1.165, 1.54) is 16.8 Å². The average Bonchev–Trinajstić information content (AvgIpc) is 3.25. The summed E-state index contributed by atoms with van der Waals surface area (Å²) in [6.07, 6.45) is 1.59. The molecule has 0 unspecified atom stereocenters. The van der Waals surface area contributed by atoms with Crippen molar-refractivity contribution in [2.75, 3.05) is 0 Å². The van der Waals surface area contributed by atoms with Crippen LogP contribution in [0.1, 0.15) is 5.69 Å². The molecule has 7 nitrogen and oxygen atoms in total. The highest BCUT2D eigenvalue weighted by molar-refractivity contribution is 7.14. The number of carbonyl (C=O) groups excluding carboxylic acids is 1. The number of aromatic nitrogens is 4. The number of halogens is 1. The Kier molecular flexibility index (Phi) is 4.05. The summed E-state index contributed by atoms with van der Waals surface area (Å²) in [6, 6.07) is 12.4. The van der Waals surface area contributed by atoms with E-state index in [1.54, 1.807) is 36.5 Å². The molecule has 0 fully saturated rings. The summed E-state index contributed by atoms with van der Waals surface area (Å²) in [4.78, 5) is 24.5. The Balaban J connectivity index is 1.49. The maximum Gasteiger partial charge on any atom is 0.338 e. The minimum atomic E-state index is -0.531. The molecule has 0 aliphatic carbocycles. The van der Waals surface area contributed by atoms with Crippen LogP contribution in [0.15, 0.2) is 59.5 Å². The SMILES string of the molecule is O=C(NCc1cn(-c2cccc(F)c2)nn1)n1sc2ccccc2c1=O. The number of carbonyl (C=O) groups is 1. The molecule has 4 rings (SSSR count). The molecule has 0 saturated heterocycles. The maximum absolute atomic E-state index is 13.3. The van der Waals surface area contributed by atoms with Crippen LogP contribution in [0.5, 0.6) is 0 Å². The minimum absolute atomic E-state index is 0.0921. The van der Waals surface area contributed by atoms with Gasteiger partial charge in [0.25, 0.3) is 5.56 Å². The fraction of sp³-hybridized carbons (Fsp3) is 0.0588. The first kappa shape index (κ1) is 16.2. The lowest BCUT2D eigenvalue weighted by Crippen LogP contribution is -2.32.